The minimum atomic E-state index is -4.48. The summed E-state index contributed by atoms with van der Waals surface area (Å²) in [5.74, 6) is 1.15. The number of carbonyl (C=O) groups is 1. The number of hydrogen-bond donors (Lipinski definition) is 1. The number of benzene rings is 2. The zero-order chi connectivity index (χ0) is 17.2. The maximum atomic E-state index is 12.6. The summed E-state index contributed by atoms with van der Waals surface area (Å²) in [6.07, 6.45) is -5.33. The molecule has 0 saturated carbocycles. The van der Waals surface area contributed by atoms with E-state index in [1.54, 1.807) is 18.2 Å². The van der Waals surface area contributed by atoms with E-state index in [1.807, 2.05) is 0 Å². The summed E-state index contributed by atoms with van der Waals surface area (Å²) in [4.78, 5) is 11.7. The van der Waals surface area contributed by atoms with Crippen molar-refractivity contribution in [2.45, 2.75) is 12.8 Å². The second-order valence-corrected chi connectivity index (χ2v) is 4.97. The Morgan fingerprint density at radius 1 is 1.12 bits per heavy atom. The molecule has 0 unspecified atom stereocenters. The molecule has 0 bridgehead atoms. The van der Waals surface area contributed by atoms with E-state index in [1.165, 1.54) is 12.1 Å². The molecule has 0 atom stereocenters. The van der Waals surface area contributed by atoms with E-state index in [2.05, 4.69) is 5.32 Å². The number of alkyl halides is 3. The fourth-order valence-electron chi connectivity index (χ4n) is 2.11. The van der Waals surface area contributed by atoms with Gasteiger partial charge in [-0.2, -0.15) is 13.2 Å². The first-order valence-corrected chi connectivity index (χ1v) is 6.91. The van der Waals surface area contributed by atoms with E-state index in [0.717, 1.165) is 12.1 Å². The first-order chi connectivity index (χ1) is 11.4. The van der Waals surface area contributed by atoms with E-state index in [-0.39, 0.29) is 19.1 Å². The van der Waals surface area contributed by atoms with Gasteiger partial charge >= 0.3 is 12.3 Å². The van der Waals surface area contributed by atoms with Gasteiger partial charge in [0.25, 0.3) is 0 Å². The van der Waals surface area contributed by atoms with E-state index in [0.29, 0.717) is 17.1 Å². The van der Waals surface area contributed by atoms with Crippen LogP contribution in [0.2, 0.25) is 0 Å². The van der Waals surface area contributed by atoms with Gasteiger partial charge in [-0.1, -0.05) is 12.1 Å². The third-order valence-electron chi connectivity index (χ3n) is 3.24. The van der Waals surface area contributed by atoms with Crippen molar-refractivity contribution >= 4 is 11.8 Å². The Morgan fingerprint density at radius 3 is 2.71 bits per heavy atom. The van der Waals surface area contributed by atoms with Gasteiger partial charge in [-0.3, -0.25) is 5.32 Å². The van der Waals surface area contributed by atoms with Crippen LogP contribution in [0.15, 0.2) is 42.5 Å². The average molecular weight is 339 g/mol. The second kappa shape index (κ2) is 6.31. The van der Waals surface area contributed by atoms with Crippen LogP contribution in [0.3, 0.4) is 0 Å². The highest BCUT2D eigenvalue weighted by Gasteiger charge is 2.30. The minimum Gasteiger partial charge on any atom is -0.454 e. The lowest BCUT2D eigenvalue weighted by Crippen LogP contribution is -2.14. The molecular formula is C16H12F3NO4. The molecule has 2 aromatic carbocycles. The highest BCUT2D eigenvalue weighted by molar-refractivity contribution is 5.84. The molecule has 2 aromatic rings. The van der Waals surface area contributed by atoms with Crippen LogP contribution in [0.1, 0.15) is 11.1 Å². The van der Waals surface area contributed by atoms with Gasteiger partial charge in [0.15, 0.2) is 11.5 Å². The Bertz CT molecular complexity index is 761. The van der Waals surface area contributed by atoms with Crippen molar-refractivity contribution in [3.63, 3.8) is 0 Å². The first-order valence-electron chi connectivity index (χ1n) is 6.91. The summed E-state index contributed by atoms with van der Waals surface area (Å²) in [6, 6.07) is 9.36. The molecule has 0 aliphatic carbocycles. The fraction of sp³-hybridized carbons (Fsp3) is 0.188. The largest absolute Gasteiger partial charge is 0.454 e. The maximum Gasteiger partial charge on any atom is 0.416 e. The number of halogens is 3. The molecule has 8 heteroatoms. The summed E-state index contributed by atoms with van der Waals surface area (Å²) < 4.78 is 53.2. The van der Waals surface area contributed by atoms with Gasteiger partial charge in [0, 0.05) is 5.69 Å². The number of fused-ring (bicyclic) bond motifs is 1. The van der Waals surface area contributed by atoms with Crippen molar-refractivity contribution in [1.29, 1.82) is 0 Å². The van der Waals surface area contributed by atoms with E-state index in [9.17, 15) is 18.0 Å². The quantitative estimate of drug-likeness (QED) is 0.911. The normalized spacial score (nSPS) is 12.8. The van der Waals surface area contributed by atoms with Crippen LogP contribution in [0.5, 0.6) is 11.5 Å². The monoisotopic (exact) mass is 339 g/mol. The molecular weight excluding hydrogens is 327 g/mol. The van der Waals surface area contributed by atoms with Crippen LogP contribution in [0, 0.1) is 0 Å². The van der Waals surface area contributed by atoms with E-state index in [4.69, 9.17) is 14.2 Å². The van der Waals surface area contributed by atoms with Crippen molar-refractivity contribution < 1.29 is 32.2 Å². The molecule has 0 radical (unpaired) electrons. The first kappa shape index (κ1) is 16.0. The summed E-state index contributed by atoms with van der Waals surface area (Å²) in [5.41, 5.74) is -0.185. The topological polar surface area (TPSA) is 56.8 Å². The molecule has 5 nitrogen and oxygen atoms in total. The summed E-state index contributed by atoms with van der Waals surface area (Å²) in [5, 5.41) is 2.26. The molecule has 1 aliphatic heterocycles. The van der Waals surface area contributed by atoms with Crippen LogP contribution >= 0.6 is 0 Å². The number of anilines is 1. The van der Waals surface area contributed by atoms with Crippen LogP contribution < -0.4 is 14.8 Å². The predicted octanol–water partition coefficient (Wildman–Crippen LogP) is 4.18. The zero-order valence-electron chi connectivity index (χ0n) is 12.2. The second-order valence-electron chi connectivity index (χ2n) is 4.97. The van der Waals surface area contributed by atoms with E-state index >= 15 is 0 Å². The summed E-state index contributed by atoms with van der Waals surface area (Å²) in [6.45, 7) is 0.0805. The minimum absolute atomic E-state index is 0.000474. The van der Waals surface area contributed by atoms with Gasteiger partial charge < -0.3 is 14.2 Å². The maximum absolute atomic E-state index is 12.6. The lowest BCUT2D eigenvalue weighted by molar-refractivity contribution is -0.137. The van der Waals surface area contributed by atoms with Crippen molar-refractivity contribution in [3.05, 3.63) is 53.6 Å². The molecule has 0 saturated heterocycles. The molecule has 1 amide bonds. The average Bonchev–Trinajstić information content (AvgIpc) is 3.00. The zero-order valence-corrected chi connectivity index (χ0v) is 12.2. The summed E-state index contributed by atoms with van der Waals surface area (Å²) in [7, 11) is 0. The molecule has 0 aromatic heterocycles. The van der Waals surface area contributed by atoms with Crippen LogP contribution in [0.4, 0.5) is 23.7 Å². The number of amides is 1. The van der Waals surface area contributed by atoms with Gasteiger partial charge in [-0.05, 0) is 35.9 Å². The molecule has 1 N–H and O–H groups in total. The Morgan fingerprint density at radius 2 is 1.92 bits per heavy atom. The lowest BCUT2D eigenvalue weighted by atomic mass is 10.2. The highest BCUT2D eigenvalue weighted by Crippen LogP contribution is 2.33. The van der Waals surface area contributed by atoms with Crippen molar-refractivity contribution in [2.24, 2.45) is 0 Å². The summed E-state index contributed by atoms with van der Waals surface area (Å²) >= 11 is 0. The van der Waals surface area contributed by atoms with Gasteiger partial charge in [0.05, 0.1) is 5.56 Å². The molecule has 3 rings (SSSR count). The van der Waals surface area contributed by atoms with Crippen molar-refractivity contribution in [2.75, 3.05) is 12.1 Å². The Hall–Kier alpha value is -2.90. The third kappa shape index (κ3) is 3.70. The molecule has 1 heterocycles. The molecule has 126 valence electrons. The Kier molecular flexibility index (Phi) is 4.20. The number of hydrogen-bond acceptors (Lipinski definition) is 4. The standard InChI is InChI=1S/C16H12F3NO4/c17-16(18,19)11-2-1-3-12(7-11)20-15(21)22-8-10-4-5-13-14(6-10)24-9-23-13/h1-7H,8-9H2,(H,20,21). The van der Waals surface area contributed by atoms with Gasteiger partial charge in [-0.25, -0.2) is 4.79 Å². The lowest BCUT2D eigenvalue weighted by Gasteiger charge is -2.10. The number of ether oxygens (including phenoxy) is 3. The van der Waals surface area contributed by atoms with Crippen LogP contribution in [0.25, 0.3) is 0 Å². The van der Waals surface area contributed by atoms with Crippen molar-refractivity contribution in [1.82, 2.24) is 0 Å². The number of carbonyl (C=O) groups excluding carboxylic acids is 1. The Labute approximate surface area is 134 Å². The molecule has 0 spiro atoms. The number of nitrogens with one attached hydrogen (secondary N) is 1. The van der Waals surface area contributed by atoms with Gasteiger partial charge in [0.1, 0.15) is 6.61 Å². The molecule has 1 aliphatic rings. The molecule has 0 fully saturated rings. The van der Waals surface area contributed by atoms with Crippen LogP contribution in [-0.2, 0) is 17.5 Å². The predicted molar refractivity (Wildman–Crippen MR) is 77.8 cm³/mol. The van der Waals surface area contributed by atoms with Crippen LogP contribution in [-0.4, -0.2) is 12.9 Å². The smallest absolute Gasteiger partial charge is 0.416 e. The SMILES string of the molecule is O=C(Nc1cccc(C(F)(F)F)c1)OCc1ccc2c(c1)OCO2. The highest BCUT2D eigenvalue weighted by atomic mass is 19.4. The van der Waals surface area contributed by atoms with Gasteiger partial charge in [0.2, 0.25) is 6.79 Å². The fourth-order valence-corrected chi connectivity index (χ4v) is 2.11. The molecule has 24 heavy (non-hydrogen) atoms. The van der Waals surface area contributed by atoms with E-state index < -0.39 is 17.8 Å². The Balaban J connectivity index is 1.58. The number of rotatable bonds is 3. The van der Waals surface area contributed by atoms with Gasteiger partial charge in [-0.15, -0.1) is 0 Å². The third-order valence-corrected chi connectivity index (χ3v) is 3.24. The van der Waals surface area contributed by atoms with Crippen molar-refractivity contribution in [3.8, 4) is 11.5 Å².